The maximum Gasteiger partial charge on any atom is 0.338 e. The van der Waals surface area contributed by atoms with Crippen molar-refractivity contribution in [2.45, 2.75) is 6.92 Å². The lowest BCUT2D eigenvalue weighted by molar-refractivity contribution is -0.143. The first-order valence-corrected chi connectivity index (χ1v) is 6.22. The summed E-state index contributed by atoms with van der Waals surface area (Å²) in [6, 6.07) is 1.73. The summed E-state index contributed by atoms with van der Waals surface area (Å²) < 4.78 is 4.78. The van der Waals surface area contributed by atoms with Gasteiger partial charge in [0.05, 0.1) is 18.2 Å². The summed E-state index contributed by atoms with van der Waals surface area (Å²) in [6.45, 7) is 4.20. The number of nitrogens with zero attached hydrogens (tertiary/aromatic N) is 2. The maximum absolute atomic E-state index is 11.7. The number of imide groups is 1. The maximum atomic E-state index is 11.7. The smallest absolute Gasteiger partial charge is 0.338 e. The molecule has 0 atom stereocenters. The topological polar surface area (TPSA) is 108 Å². The van der Waals surface area contributed by atoms with Crippen molar-refractivity contribution in [1.82, 2.24) is 4.90 Å². The second-order valence-corrected chi connectivity index (χ2v) is 3.61. The van der Waals surface area contributed by atoms with E-state index in [0.717, 1.165) is 18.2 Å². The van der Waals surface area contributed by atoms with Crippen molar-refractivity contribution in [3.8, 4) is 6.07 Å². The molecule has 2 amide bonds. The molecule has 0 aliphatic carbocycles. The van der Waals surface area contributed by atoms with Gasteiger partial charge in [-0.1, -0.05) is 12.7 Å². The van der Waals surface area contributed by atoms with Crippen LogP contribution in [-0.2, 0) is 19.1 Å². The lowest BCUT2D eigenvalue weighted by Gasteiger charge is -2.12. The summed E-state index contributed by atoms with van der Waals surface area (Å²) in [5.41, 5.74) is 0.0537. The summed E-state index contributed by atoms with van der Waals surface area (Å²) in [5.74, 6) is -2.19. The van der Waals surface area contributed by atoms with E-state index in [-0.39, 0.29) is 12.2 Å². The highest BCUT2D eigenvalue weighted by Gasteiger charge is 2.14. The minimum absolute atomic E-state index is 0.0537. The first-order valence-electron chi connectivity index (χ1n) is 6.22. The van der Waals surface area contributed by atoms with Crippen LogP contribution >= 0.6 is 0 Å². The first kappa shape index (κ1) is 19.0. The van der Waals surface area contributed by atoms with Crippen LogP contribution in [0.2, 0.25) is 0 Å². The molecule has 0 aromatic carbocycles. The van der Waals surface area contributed by atoms with E-state index in [1.54, 1.807) is 13.0 Å². The Labute approximate surface area is 128 Å². The first-order chi connectivity index (χ1) is 10.5. The van der Waals surface area contributed by atoms with Crippen molar-refractivity contribution in [1.29, 1.82) is 5.26 Å². The molecule has 1 N–H and O–H groups in total. The average molecular weight is 304 g/mol. The Balaban J connectivity index is 5.14. The van der Waals surface area contributed by atoms with Gasteiger partial charge in [-0.25, -0.2) is 4.79 Å². The molecule has 0 aliphatic rings. The van der Waals surface area contributed by atoms with Crippen LogP contribution in [-0.4, -0.2) is 41.1 Å². The summed E-state index contributed by atoms with van der Waals surface area (Å²) in [6.07, 6.45) is 6.63. The highest BCUT2D eigenvalue weighted by Crippen LogP contribution is 2.02. The fourth-order valence-electron chi connectivity index (χ4n) is 1.22. The van der Waals surface area contributed by atoms with Gasteiger partial charge in [-0.15, -0.1) is 0 Å². The van der Waals surface area contributed by atoms with E-state index in [0.29, 0.717) is 4.90 Å². The minimum atomic E-state index is -0.795. The average Bonchev–Trinajstić information content (AvgIpc) is 2.51. The fraction of sp³-hybridized carbons (Fsp3) is 0.200. The molecule has 0 aliphatic heterocycles. The van der Waals surface area contributed by atoms with Crippen molar-refractivity contribution in [3.63, 3.8) is 0 Å². The van der Waals surface area contributed by atoms with Crippen LogP contribution in [0.1, 0.15) is 6.92 Å². The number of carbonyl (C=O) groups is 3. The Morgan fingerprint density at radius 1 is 1.32 bits per heavy atom. The molecule has 0 saturated carbocycles. The monoisotopic (exact) mass is 304 g/mol. The molecule has 0 rings (SSSR count). The second kappa shape index (κ2) is 10.8. The number of aliphatic hydroxyl groups excluding tert-OH is 1. The van der Waals surface area contributed by atoms with Crippen LogP contribution in [0.3, 0.4) is 0 Å². The van der Waals surface area contributed by atoms with E-state index in [4.69, 9.17) is 15.1 Å². The summed E-state index contributed by atoms with van der Waals surface area (Å²) in [4.78, 5) is 35.1. The van der Waals surface area contributed by atoms with E-state index >= 15 is 0 Å². The number of carbonyl (C=O) groups excluding carboxylic acids is 3. The summed E-state index contributed by atoms with van der Waals surface area (Å²) >= 11 is 0. The summed E-state index contributed by atoms with van der Waals surface area (Å²) in [7, 11) is 0. The molecule has 0 heterocycles. The van der Waals surface area contributed by atoms with E-state index in [1.807, 2.05) is 0 Å². The molecule has 0 saturated heterocycles. The molecule has 116 valence electrons. The molecule has 0 bridgehead atoms. The molecule has 0 radical (unpaired) electrons. The number of allylic oxidation sites excluding steroid dienone is 3. The number of hydrogen-bond donors (Lipinski definition) is 1. The fourth-order valence-corrected chi connectivity index (χ4v) is 1.22. The van der Waals surface area contributed by atoms with Crippen molar-refractivity contribution in [2.24, 2.45) is 0 Å². The zero-order valence-corrected chi connectivity index (χ0v) is 12.1. The predicted molar refractivity (Wildman–Crippen MR) is 77.7 cm³/mol. The number of esters is 1. The third-order valence-electron chi connectivity index (χ3n) is 2.21. The van der Waals surface area contributed by atoms with Crippen LogP contribution in [0.4, 0.5) is 0 Å². The van der Waals surface area contributed by atoms with Crippen molar-refractivity contribution in [3.05, 3.63) is 48.6 Å². The molecule has 7 nitrogen and oxygen atoms in total. The highest BCUT2D eigenvalue weighted by atomic mass is 16.5. The number of ether oxygens (including phenoxy) is 1. The Kier molecular flexibility index (Phi) is 9.31. The molecule has 0 spiro atoms. The van der Waals surface area contributed by atoms with Gasteiger partial charge in [0.1, 0.15) is 6.73 Å². The van der Waals surface area contributed by atoms with Gasteiger partial charge in [-0.05, 0) is 25.2 Å². The standard InChI is InChI=1S/C15H16N2O5/c1-3-13(19)17(11-18)14(20)9-5-7-12(8-6-10-16)15(21)22-4-2/h3,5-9,18H,1,4,11H2,2H3. The molecular formula is C15H16N2O5. The quantitative estimate of drug-likeness (QED) is 0.243. The van der Waals surface area contributed by atoms with Crippen molar-refractivity contribution in [2.75, 3.05) is 13.3 Å². The largest absolute Gasteiger partial charge is 0.462 e. The van der Waals surface area contributed by atoms with Gasteiger partial charge >= 0.3 is 5.97 Å². The van der Waals surface area contributed by atoms with Gasteiger partial charge in [-0.3, -0.25) is 14.5 Å². The Morgan fingerprint density at radius 3 is 2.50 bits per heavy atom. The predicted octanol–water partition coefficient (Wildman–Crippen LogP) is 0.603. The molecule has 0 unspecified atom stereocenters. The van der Waals surface area contributed by atoms with Crippen LogP contribution in [0, 0.1) is 11.3 Å². The SMILES string of the molecule is C=CC(=O)N(CO)C(=O)C=CC=C(C=CC#N)C(=O)OCC. The van der Waals surface area contributed by atoms with Crippen LogP contribution in [0.15, 0.2) is 48.6 Å². The lowest BCUT2D eigenvalue weighted by Crippen LogP contribution is -2.35. The zero-order chi connectivity index (χ0) is 17.0. The van der Waals surface area contributed by atoms with E-state index in [9.17, 15) is 14.4 Å². The zero-order valence-electron chi connectivity index (χ0n) is 12.1. The molecule has 0 aromatic heterocycles. The summed E-state index contributed by atoms with van der Waals surface area (Å²) in [5, 5.41) is 17.4. The van der Waals surface area contributed by atoms with Gasteiger partial charge in [0.15, 0.2) is 0 Å². The molecule has 0 fully saturated rings. The van der Waals surface area contributed by atoms with E-state index in [2.05, 4.69) is 6.58 Å². The second-order valence-electron chi connectivity index (χ2n) is 3.61. The number of nitriles is 1. The third-order valence-corrected chi connectivity index (χ3v) is 2.21. The Bertz CT molecular complexity index is 567. The molecule has 7 heteroatoms. The highest BCUT2D eigenvalue weighted by molar-refractivity contribution is 6.04. The van der Waals surface area contributed by atoms with Gasteiger partial charge in [0.25, 0.3) is 11.8 Å². The molecular weight excluding hydrogens is 288 g/mol. The normalized spacial score (nSPS) is 11.2. The van der Waals surface area contributed by atoms with Crippen molar-refractivity contribution >= 4 is 17.8 Å². The number of amides is 2. The number of hydrogen-bond acceptors (Lipinski definition) is 6. The van der Waals surface area contributed by atoms with Gasteiger partial charge in [0.2, 0.25) is 0 Å². The van der Waals surface area contributed by atoms with Crippen molar-refractivity contribution < 1.29 is 24.2 Å². The minimum Gasteiger partial charge on any atom is -0.462 e. The van der Waals surface area contributed by atoms with Crippen LogP contribution < -0.4 is 0 Å². The van der Waals surface area contributed by atoms with E-state index in [1.165, 1.54) is 18.2 Å². The number of rotatable bonds is 7. The molecule has 0 aromatic rings. The Hall–Kier alpha value is -2.98. The van der Waals surface area contributed by atoms with Crippen LogP contribution in [0.25, 0.3) is 0 Å². The third kappa shape index (κ3) is 6.45. The van der Waals surface area contributed by atoms with Crippen LogP contribution in [0.5, 0.6) is 0 Å². The Morgan fingerprint density at radius 2 is 2.00 bits per heavy atom. The van der Waals surface area contributed by atoms with Gasteiger partial charge < -0.3 is 9.84 Å². The van der Waals surface area contributed by atoms with Gasteiger partial charge in [-0.2, -0.15) is 5.26 Å². The number of aliphatic hydroxyl groups is 1. The lowest BCUT2D eigenvalue weighted by atomic mass is 10.2. The van der Waals surface area contributed by atoms with E-state index < -0.39 is 24.5 Å². The van der Waals surface area contributed by atoms with Gasteiger partial charge in [0, 0.05) is 12.2 Å². The molecule has 22 heavy (non-hydrogen) atoms.